The number of likely N-dealkylation sites (N-methyl/N-ethyl adjacent to an activating group) is 1. The molecule has 3 aromatic heterocycles. The molecule has 3 heterocycles. The number of fused-ring (bicyclic) bond motifs is 1. The minimum absolute atomic E-state index is 0.605. The first kappa shape index (κ1) is 19.9. The van der Waals surface area contributed by atoms with Crippen LogP contribution in [0.15, 0.2) is 36.7 Å². The van der Waals surface area contributed by atoms with Gasteiger partial charge >= 0.3 is 0 Å². The lowest BCUT2D eigenvalue weighted by Gasteiger charge is -2.22. The van der Waals surface area contributed by atoms with Gasteiger partial charge in [-0.1, -0.05) is 0 Å². The average Bonchev–Trinajstić information content (AvgIpc) is 3.27. The van der Waals surface area contributed by atoms with Crippen LogP contribution in [0, 0.1) is 0 Å². The number of rotatable bonds is 8. The van der Waals surface area contributed by atoms with Crippen molar-refractivity contribution >= 4 is 11.5 Å². The van der Waals surface area contributed by atoms with Crippen LogP contribution in [0.3, 0.4) is 0 Å². The Morgan fingerprint density at radius 2 is 1.97 bits per heavy atom. The molecular weight excluding hydrogens is 380 g/mol. The second-order valence-electron chi connectivity index (χ2n) is 7.17. The van der Waals surface area contributed by atoms with Crippen LogP contribution >= 0.6 is 0 Å². The van der Waals surface area contributed by atoms with Crippen molar-refractivity contribution in [2.75, 3.05) is 44.6 Å². The predicted octanol–water partition coefficient (Wildman–Crippen LogP) is 2.99. The van der Waals surface area contributed by atoms with Gasteiger partial charge in [-0.2, -0.15) is 0 Å². The van der Waals surface area contributed by atoms with E-state index in [2.05, 4.69) is 27.2 Å². The third-order valence-electron chi connectivity index (χ3n) is 5.19. The number of hydrogen-bond acceptors (Lipinski definition) is 8. The Hall–Kier alpha value is -3.42. The van der Waals surface area contributed by atoms with Crippen LogP contribution in [0.5, 0.6) is 11.6 Å². The van der Waals surface area contributed by atoms with Crippen LogP contribution in [0.4, 0.5) is 11.5 Å². The summed E-state index contributed by atoms with van der Waals surface area (Å²) in [5, 5.41) is 3.39. The maximum absolute atomic E-state index is 5.33. The molecule has 3 aromatic rings. The van der Waals surface area contributed by atoms with Gasteiger partial charge in [-0.05, 0) is 31.4 Å². The van der Waals surface area contributed by atoms with Crippen LogP contribution in [-0.2, 0) is 12.8 Å². The Balaban J connectivity index is 1.51. The zero-order chi connectivity index (χ0) is 20.9. The third kappa shape index (κ3) is 4.27. The van der Waals surface area contributed by atoms with Crippen molar-refractivity contribution in [1.82, 2.24) is 19.9 Å². The molecule has 0 aliphatic heterocycles. The smallest absolute Gasteiger partial charge is 0.213 e. The molecule has 0 atom stereocenters. The summed E-state index contributed by atoms with van der Waals surface area (Å²) < 4.78 is 10.4. The van der Waals surface area contributed by atoms with Gasteiger partial charge in [0.25, 0.3) is 0 Å². The highest BCUT2D eigenvalue weighted by Gasteiger charge is 2.22. The molecular formula is C22H26N6O2. The van der Waals surface area contributed by atoms with E-state index >= 15 is 0 Å². The van der Waals surface area contributed by atoms with Crippen LogP contribution in [0.2, 0.25) is 0 Å². The predicted molar refractivity (Wildman–Crippen MR) is 116 cm³/mol. The average molecular weight is 406 g/mol. The lowest BCUT2D eigenvalue weighted by Crippen LogP contribution is -2.27. The van der Waals surface area contributed by atoms with Crippen molar-refractivity contribution in [3.05, 3.63) is 47.9 Å². The number of pyridine rings is 2. The lowest BCUT2D eigenvalue weighted by atomic mass is 10.2. The molecule has 0 amide bonds. The SMILES string of the molecule is COc1ccnc(-c2nc3c(c(N(C)CCNc4ccc(OC)nc4)n2)CCC3)c1. The summed E-state index contributed by atoms with van der Waals surface area (Å²) >= 11 is 0. The Morgan fingerprint density at radius 3 is 2.73 bits per heavy atom. The van der Waals surface area contributed by atoms with Crippen molar-refractivity contribution in [2.24, 2.45) is 0 Å². The summed E-state index contributed by atoms with van der Waals surface area (Å²) in [7, 11) is 5.32. The molecule has 30 heavy (non-hydrogen) atoms. The molecule has 4 rings (SSSR count). The number of nitrogens with one attached hydrogen (secondary N) is 1. The van der Waals surface area contributed by atoms with Gasteiger partial charge in [-0.15, -0.1) is 0 Å². The molecule has 0 unspecified atom stereocenters. The second-order valence-corrected chi connectivity index (χ2v) is 7.17. The number of aryl methyl sites for hydroxylation is 1. The van der Waals surface area contributed by atoms with Crippen molar-refractivity contribution in [1.29, 1.82) is 0 Å². The summed E-state index contributed by atoms with van der Waals surface area (Å²) in [6.45, 7) is 1.55. The van der Waals surface area contributed by atoms with E-state index in [0.717, 1.165) is 61.0 Å². The molecule has 0 saturated carbocycles. The van der Waals surface area contributed by atoms with Crippen LogP contribution < -0.4 is 19.7 Å². The fraction of sp³-hybridized carbons (Fsp3) is 0.364. The van der Waals surface area contributed by atoms with Crippen molar-refractivity contribution in [2.45, 2.75) is 19.3 Å². The second kappa shape index (κ2) is 8.94. The molecule has 0 aromatic carbocycles. The minimum atomic E-state index is 0.605. The molecule has 156 valence electrons. The van der Waals surface area contributed by atoms with Gasteiger partial charge in [0.1, 0.15) is 17.3 Å². The lowest BCUT2D eigenvalue weighted by molar-refractivity contribution is 0.398. The summed E-state index contributed by atoms with van der Waals surface area (Å²) in [4.78, 5) is 20.5. The first-order chi connectivity index (χ1) is 14.7. The van der Waals surface area contributed by atoms with Crippen molar-refractivity contribution in [3.8, 4) is 23.1 Å². The number of aromatic nitrogens is 4. The molecule has 0 radical (unpaired) electrons. The normalized spacial score (nSPS) is 12.4. The molecule has 8 nitrogen and oxygen atoms in total. The van der Waals surface area contributed by atoms with Crippen LogP contribution in [0.25, 0.3) is 11.5 Å². The van der Waals surface area contributed by atoms with Crippen LogP contribution in [-0.4, -0.2) is 54.3 Å². The van der Waals surface area contributed by atoms with Gasteiger partial charge in [-0.25, -0.2) is 15.0 Å². The number of ether oxygens (including phenoxy) is 2. The highest BCUT2D eigenvalue weighted by atomic mass is 16.5. The van der Waals surface area contributed by atoms with E-state index in [0.29, 0.717) is 11.7 Å². The van der Waals surface area contributed by atoms with E-state index in [9.17, 15) is 0 Å². The van der Waals surface area contributed by atoms with E-state index in [1.807, 2.05) is 24.3 Å². The van der Waals surface area contributed by atoms with E-state index in [-0.39, 0.29) is 0 Å². The quantitative estimate of drug-likeness (QED) is 0.611. The largest absolute Gasteiger partial charge is 0.497 e. The van der Waals surface area contributed by atoms with Gasteiger partial charge in [0.2, 0.25) is 5.88 Å². The summed E-state index contributed by atoms with van der Waals surface area (Å²) in [6.07, 6.45) is 6.59. The van der Waals surface area contributed by atoms with E-state index in [1.165, 1.54) is 5.56 Å². The fourth-order valence-electron chi connectivity index (χ4n) is 3.58. The third-order valence-corrected chi connectivity index (χ3v) is 5.19. The summed E-state index contributed by atoms with van der Waals surface area (Å²) in [5.41, 5.74) is 4.05. The van der Waals surface area contributed by atoms with E-state index in [4.69, 9.17) is 19.4 Å². The Kier molecular flexibility index (Phi) is 5.92. The van der Waals surface area contributed by atoms with Gasteiger partial charge in [0.15, 0.2) is 5.82 Å². The molecule has 0 bridgehead atoms. The Bertz CT molecular complexity index is 1010. The molecule has 0 fully saturated rings. The number of methoxy groups -OCH3 is 2. The van der Waals surface area contributed by atoms with Crippen molar-refractivity contribution < 1.29 is 9.47 Å². The highest BCUT2D eigenvalue weighted by molar-refractivity contribution is 5.60. The van der Waals surface area contributed by atoms with E-state index in [1.54, 1.807) is 26.6 Å². The standard InChI is InChI=1S/C22H26N6O2/c1-28(12-11-23-15-7-8-20(30-3)25-14-15)22-17-5-4-6-18(17)26-21(27-22)19-13-16(29-2)9-10-24-19/h7-10,13-14,23H,4-6,11-12H2,1-3H3. The molecule has 0 spiro atoms. The number of hydrogen-bond donors (Lipinski definition) is 1. The molecule has 1 N–H and O–H groups in total. The minimum Gasteiger partial charge on any atom is -0.497 e. The van der Waals surface area contributed by atoms with Gasteiger partial charge in [0.05, 0.1) is 26.1 Å². The van der Waals surface area contributed by atoms with E-state index < -0.39 is 0 Å². The number of anilines is 2. The first-order valence-corrected chi connectivity index (χ1v) is 10.0. The summed E-state index contributed by atoms with van der Waals surface area (Å²) in [5.74, 6) is 2.97. The number of nitrogens with zero attached hydrogens (tertiary/aromatic N) is 5. The van der Waals surface area contributed by atoms with Gasteiger partial charge < -0.3 is 19.7 Å². The fourth-order valence-corrected chi connectivity index (χ4v) is 3.58. The maximum Gasteiger partial charge on any atom is 0.213 e. The molecule has 0 saturated heterocycles. The Labute approximate surface area is 176 Å². The molecule has 1 aliphatic carbocycles. The molecule has 1 aliphatic rings. The van der Waals surface area contributed by atoms with Crippen molar-refractivity contribution in [3.63, 3.8) is 0 Å². The van der Waals surface area contributed by atoms with Gasteiger partial charge in [0, 0.05) is 49.7 Å². The van der Waals surface area contributed by atoms with Crippen LogP contribution in [0.1, 0.15) is 17.7 Å². The monoisotopic (exact) mass is 406 g/mol. The zero-order valence-corrected chi connectivity index (χ0v) is 17.6. The topological polar surface area (TPSA) is 85.3 Å². The van der Waals surface area contributed by atoms with Gasteiger partial charge in [-0.3, -0.25) is 4.98 Å². The summed E-state index contributed by atoms with van der Waals surface area (Å²) in [6, 6.07) is 7.50. The molecule has 8 heteroatoms. The Morgan fingerprint density at radius 1 is 1.07 bits per heavy atom. The zero-order valence-electron chi connectivity index (χ0n) is 17.6. The maximum atomic E-state index is 5.33. The first-order valence-electron chi connectivity index (χ1n) is 10.0. The highest BCUT2D eigenvalue weighted by Crippen LogP contribution is 2.31.